The van der Waals surface area contributed by atoms with Crippen LogP contribution in [0.3, 0.4) is 0 Å². The summed E-state index contributed by atoms with van der Waals surface area (Å²) in [7, 11) is -3.65. The summed E-state index contributed by atoms with van der Waals surface area (Å²) in [5, 5.41) is 17.4. The van der Waals surface area contributed by atoms with Crippen LogP contribution in [0.25, 0.3) is 0 Å². The van der Waals surface area contributed by atoms with Gasteiger partial charge in [-0.1, -0.05) is 19.1 Å². The molecule has 5 nitrogen and oxygen atoms in total. The summed E-state index contributed by atoms with van der Waals surface area (Å²) in [6.45, 7) is 5.04. The lowest BCUT2D eigenvalue weighted by atomic mass is 10.1. The Morgan fingerprint density at radius 1 is 1.35 bits per heavy atom. The number of hydrogen-bond donors (Lipinski definition) is 3. The maximum absolute atomic E-state index is 11.3. The highest BCUT2D eigenvalue weighted by Crippen LogP contribution is 2.16. The number of aliphatic hydroxyl groups excluding tert-OH is 1. The topological polar surface area (TPSA) is 92.4 Å². The van der Waals surface area contributed by atoms with Crippen LogP contribution in [0.4, 0.5) is 0 Å². The molecule has 2 atom stereocenters. The molecule has 0 aromatic heterocycles. The molecule has 0 radical (unpaired) electrons. The first kappa shape index (κ1) is 17.1. The third-order valence-corrected chi connectivity index (χ3v) is 4.23. The van der Waals surface area contributed by atoms with Gasteiger partial charge in [0.05, 0.1) is 4.90 Å². The molecule has 0 amide bonds. The second-order valence-electron chi connectivity index (χ2n) is 5.22. The van der Waals surface area contributed by atoms with E-state index in [4.69, 9.17) is 10.2 Å². The summed E-state index contributed by atoms with van der Waals surface area (Å²) >= 11 is 0. The summed E-state index contributed by atoms with van der Waals surface area (Å²) in [6.07, 6.45) is 1.94. The molecule has 0 aliphatic heterocycles. The molecular formula is C14H24N2O3S. The second-order valence-corrected chi connectivity index (χ2v) is 6.78. The molecule has 0 saturated carbocycles. The van der Waals surface area contributed by atoms with Gasteiger partial charge >= 0.3 is 0 Å². The number of sulfonamides is 1. The Hall–Kier alpha value is -0.950. The lowest BCUT2D eigenvalue weighted by Gasteiger charge is -2.15. The molecule has 0 fully saturated rings. The van der Waals surface area contributed by atoms with Crippen LogP contribution in [0.2, 0.25) is 0 Å². The lowest BCUT2D eigenvalue weighted by Crippen LogP contribution is -2.21. The van der Waals surface area contributed by atoms with E-state index in [0.717, 1.165) is 24.9 Å². The first-order valence-corrected chi connectivity index (χ1v) is 8.36. The number of nitrogens with one attached hydrogen (secondary N) is 1. The molecule has 0 aliphatic rings. The molecule has 2 unspecified atom stereocenters. The van der Waals surface area contributed by atoms with Gasteiger partial charge < -0.3 is 10.4 Å². The smallest absolute Gasteiger partial charge is 0.238 e. The molecule has 20 heavy (non-hydrogen) atoms. The first-order chi connectivity index (χ1) is 9.34. The van der Waals surface area contributed by atoms with E-state index >= 15 is 0 Å². The minimum absolute atomic E-state index is 0.0566. The van der Waals surface area contributed by atoms with Crippen LogP contribution < -0.4 is 10.5 Å². The van der Waals surface area contributed by atoms with Gasteiger partial charge in [-0.3, -0.25) is 0 Å². The van der Waals surface area contributed by atoms with E-state index in [9.17, 15) is 8.42 Å². The summed E-state index contributed by atoms with van der Waals surface area (Å²) in [5.74, 6) is 0.317. The molecular weight excluding hydrogens is 276 g/mol. The predicted octanol–water partition coefficient (Wildman–Crippen LogP) is 1.39. The van der Waals surface area contributed by atoms with Crippen molar-refractivity contribution in [2.24, 2.45) is 11.1 Å². The van der Waals surface area contributed by atoms with Crippen LogP contribution in [-0.2, 0) is 10.0 Å². The molecule has 6 heteroatoms. The van der Waals surface area contributed by atoms with Crippen molar-refractivity contribution in [1.82, 2.24) is 5.32 Å². The predicted molar refractivity (Wildman–Crippen MR) is 79.7 cm³/mol. The fourth-order valence-electron chi connectivity index (χ4n) is 1.94. The molecule has 114 valence electrons. The zero-order valence-corrected chi connectivity index (χ0v) is 12.9. The standard InChI is InChI=1S/C14H24N2O3S/c1-11(10-17)5-4-8-16-12(2)13-6-3-7-14(9-13)20(15,18)19/h3,6-7,9,11-12,16-17H,4-5,8,10H2,1-2H3,(H2,15,18,19). The van der Waals surface area contributed by atoms with E-state index < -0.39 is 10.0 Å². The van der Waals surface area contributed by atoms with Crippen molar-refractivity contribution in [2.75, 3.05) is 13.2 Å². The van der Waals surface area contributed by atoms with Crippen molar-refractivity contribution in [2.45, 2.75) is 37.6 Å². The van der Waals surface area contributed by atoms with Gasteiger partial charge in [-0.2, -0.15) is 0 Å². The van der Waals surface area contributed by atoms with Gasteiger partial charge in [-0.15, -0.1) is 0 Å². The number of rotatable bonds is 8. The van der Waals surface area contributed by atoms with Crippen molar-refractivity contribution in [3.63, 3.8) is 0 Å². The zero-order valence-electron chi connectivity index (χ0n) is 12.0. The van der Waals surface area contributed by atoms with Gasteiger partial charge in [0, 0.05) is 12.6 Å². The van der Waals surface area contributed by atoms with Crippen LogP contribution >= 0.6 is 0 Å². The zero-order chi connectivity index (χ0) is 15.2. The summed E-state index contributed by atoms with van der Waals surface area (Å²) in [6, 6.07) is 6.72. The molecule has 0 bridgehead atoms. The Morgan fingerprint density at radius 3 is 2.65 bits per heavy atom. The molecule has 0 heterocycles. The molecule has 1 aromatic rings. The Kier molecular flexibility index (Phi) is 6.61. The van der Waals surface area contributed by atoms with Crippen LogP contribution in [-0.4, -0.2) is 26.7 Å². The van der Waals surface area contributed by atoms with E-state index in [1.165, 1.54) is 6.07 Å². The van der Waals surface area contributed by atoms with E-state index in [-0.39, 0.29) is 17.5 Å². The molecule has 0 aliphatic carbocycles. The average Bonchev–Trinajstić information content (AvgIpc) is 2.42. The van der Waals surface area contributed by atoms with Crippen molar-refractivity contribution in [3.8, 4) is 0 Å². The Morgan fingerprint density at radius 2 is 2.05 bits per heavy atom. The first-order valence-electron chi connectivity index (χ1n) is 6.81. The van der Waals surface area contributed by atoms with Crippen LogP contribution in [0.15, 0.2) is 29.2 Å². The number of primary sulfonamides is 1. The van der Waals surface area contributed by atoms with Gasteiger partial charge in [-0.25, -0.2) is 13.6 Å². The number of nitrogens with two attached hydrogens (primary N) is 1. The largest absolute Gasteiger partial charge is 0.396 e. The van der Waals surface area contributed by atoms with Gasteiger partial charge in [0.25, 0.3) is 0 Å². The highest BCUT2D eigenvalue weighted by Gasteiger charge is 2.11. The van der Waals surface area contributed by atoms with Crippen LogP contribution in [0.5, 0.6) is 0 Å². The summed E-state index contributed by atoms with van der Waals surface area (Å²) in [5.41, 5.74) is 0.895. The fraction of sp³-hybridized carbons (Fsp3) is 0.571. The Labute approximate surface area is 121 Å². The van der Waals surface area contributed by atoms with E-state index in [0.29, 0.717) is 5.92 Å². The fourth-order valence-corrected chi connectivity index (χ4v) is 2.51. The van der Waals surface area contributed by atoms with Gasteiger partial charge in [-0.05, 0) is 49.9 Å². The minimum atomic E-state index is -3.65. The van der Waals surface area contributed by atoms with Gasteiger partial charge in [0.2, 0.25) is 10.0 Å². The van der Waals surface area contributed by atoms with Crippen molar-refractivity contribution in [3.05, 3.63) is 29.8 Å². The van der Waals surface area contributed by atoms with Crippen molar-refractivity contribution >= 4 is 10.0 Å². The molecule has 4 N–H and O–H groups in total. The third-order valence-electron chi connectivity index (χ3n) is 3.32. The Balaban J connectivity index is 2.54. The normalized spacial score (nSPS) is 15.0. The van der Waals surface area contributed by atoms with Crippen molar-refractivity contribution in [1.29, 1.82) is 0 Å². The van der Waals surface area contributed by atoms with Crippen molar-refractivity contribution < 1.29 is 13.5 Å². The van der Waals surface area contributed by atoms with E-state index in [1.54, 1.807) is 12.1 Å². The molecule has 1 aromatic carbocycles. The second kappa shape index (κ2) is 7.73. The maximum atomic E-state index is 11.3. The van der Waals surface area contributed by atoms with E-state index in [2.05, 4.69) is 5.32 Å². The maximum Gasteiger partial charge on any atom is 0.238 e. The Bertz CT molecular complexity index is 517. The van der Waals surface area contributed by atoms with Crippen LogP contribution in [0, 0.1) is 5.92 Å². The number of hydrogen-bond acceptors (Lipinski definition) is 4. The highest BCUT2D eigenvalue weighted by atomic mass is 32.2. The quantitative estimate of drug-likeness (QED) is 0.633. The number of aliphatic hydroxyl groups is 1. The molecule has 1 rings (SSSR count). The SMILES string of the molecule is CC(CO)CCCNC(C)c1cccc(S(N)(=O)=O)c1. The average molecular weight is 300 g/mol. The van der Waals surface area contributed by atoms with Crippen LogP contribution in [0.1, 0.15) is 38.3 Å². The molecule has 0 spiro atoms. The third kappa shape index (κ3) is 5.58. The summed E-state index contributed by atoms with van der Waals surface area (Å²) < 4.78 is 22.6. The molecule has 0 saturated heterocycles. The highest BCUT2D eigenvalue weighted by molar-refractivity contribution is 7.89. The number of benzene rings is 1. The lowest BCUT2D eigenvalue weighted by molar-refractivity contribution is 0.227. The minimum Gasteiger partial charge on any atom is -0.396 e. The van der Waals surface area contributed by atoms with Gasteiger partial charge in [0.1, 0.15) is 0 Å². The summed E-state index contributed by atoms with van der Waals surface area (Å²) in [4.78, 5) is 0.137. The monoisotopic (exact) mass is 300 g/mol. The van der Waals surface area contributed by atoms with Gasteiger partial charge in [0.15, 0.2) is 0 Å². The van der Waals surface area contributed by atoms with E-state index in [1.807, 2.05) is 19.9 Å².